The largest absolute Gasteiger partial charge is 0.378 e. The van der Waals surface area contributed by atoms with Gasteiger partial charge in [-0.1, -0.05) is 6.92 Å². The van der Waals surface area contributed by atoms with E-state index in [1.807, 2.05) is 6.92 Å². The number of halogens is 1. The fourth-order valence-corrected chi connectivity index (χ4v) is 2.65. The normalized spacial score (nSPS) is 21.1. The fourth-order valence-electron chi connectivity index (χ4n) is 1.23. The van der Waals surface area contributed by atoms with E-state index in [4.69, 9.17) is 15.4 Å². The van der Waals surface area contributed by atoms with Gasteiger partial charge in [-0.25, -0.2) is 8.42 Å². The molecule has 3 nitrogen and oxygen atoms in total. The van der Waals surface area contributed by atoms with Crippen molar-refractivity contribution in [2.24, 2.45) is 5.92 Å². The first-order valence-electron chi connectivity index (χ1n) is 4.51. The van der Waals surface area contributed by atoms with E-state index >= 15 is 0 Å². The number of ether oxygens (including phenoxy) is 1. The van der Waals surface area contributed by atoms with Crippen LogP contribution in [0, 0.1) is 5.92 Å². The van der Waals surface area contributed by atoms with E-state index in [0.29, 0.717) is 12.7 Å². The van der Waals surface area contributed by atoms with Gasteiger partial charge >= 0.3 is 0 Å². The third-order valence-electron chi connectivity index (χ3n) is 2.15. The molecule has 0 spiro atoms. The number of hydrogen-bond acceptors (Lipinski definition) is 3. The van der Waals surface area contributed by atoms with Crippen LogP contribution in [0.5, 0.6) is 0 Å². The van der Waals surface area contributed by atoms with Crippen molar-refractivity contribution in [3.8, 4) is 0 Å². The molecule has 1 aliphatic rings. The van der Waals surface area contributed by atoms with E-state index in [-0.39, 0.29) is 11.7 Å². The molecule has 0 aliphatic heterocycles. The van der Waals surface area contributed by atoms with Crippen LogP contribution < -0.4 is 0 Å². The standard InChI is InChI=1S/C8H15ClO3S/c1-7(6-13(9,10)11)5-12-8-3-2-4-8/h7-8H,2-6H2,1H3. The Morgan fingerprint density at radius 3 is 2.54 bits per heavy atom. The Kier molecular flexibility index (Phi) is 4.01. The second kappa shape index (κ2) is 4.62. The van der Waals surface area contributed by atoms with Crippen molar-refractivity contribution >= 4 is 19.7 Å². The molecular formula is C8H15ClO3S. The van der Waals surface area contributed by atoms with Crippen molar-refractivity contribution in [3.05, 3.63) is 0 Å². The van der Waals surface area contributed by atoms with Crippen LogP contribution in [-0.2, 0) is 13.8 Å². The lowest BCUT2D eigenvalue weighted by Gasteiger charge is -2.26. The monoisotopic (exact) mass is 226 g/mol. The van der Waals surface area contributed by atoms with Crippen LogP contribution in [0.3, 0.4) is 0 Å². The second-order valence-electron chi connectivity index (χ2n) is 3.70. The summed E-state index contributed by atoms with van der Waals surface area (Å²) in [6.07, 6.45) is 3.81. The van der Waals surface area contributed by atoms with Crippen LogP contribution in [0.4, 0.5) is 0 Å². The average Bonchev–Trinajstić information content (AvgIpc) is 1.78. The minimum absolute atomic E-state index is 0.00127. The molecule has 0 saturated heterocycles. The first-order valence-corrected chi connectivity index (χ1v) is 6.99. The Morgan fingerprint density at radius 2 is 2.15 bits per heavy atom. The summed E-state index contributed by atoms with van der Waals surface area (Å²) in [6.45, 7) is 2.33. The zero-order valence-electron chi connectivity index (χ0n) is 7.70. The van der Waals surface area contributed by atoms with Gasteiger partial charge in [-0.2, -0.15) is 0 Å². The molecule has 0 amide bonds. The Balaban J connectivity index is 2.13. The van der Waals surface area contributed by atoms with Gasteiger partial charge in [0, 0.05) is 10.7 Å². The highest BCUT2D eigenvalue weighted by molar-refractivity contribution is 8.13. The first kappa shape index (κ1) is 11.3. The summed E-state index contributed by atoms with van der Waals surface area (Å²) in [5.74, 6) is -0.00975. The van der Waals surface area contributed by atoms with Crippen LogP contribution in [0.15, 0.2) is 0 Å². The molecule has 0 aromatic carbocycles. The van der Waals surface area contributed by atoms with Crippen LogP contribution in [0.25, 0.3) is 0 Å². The van der Waals surface area contributed by atoms with E-state index in [0.717, 1.165) is 12.8 Å². The van der Waals surface area contributed by atoms with Crippen molar-refractivity contribution in [2.45, 2.75) is 32.3 Å². The first-order chi connectivity index (χ1) is 5.97. The van der Waals surface area contributed by atoms with Gasteiger partial charge in [0.05, 0.1) is 18.5 Å². The third kappa shape index (κ3) is 4.84. The highest BCUT2D eigenvalue weighted by Crippen LogP contribution is 2.22. The molecule has 1 aliphatic carbocycles. The molecule has 5 heteroatoms. The zero-order chi connectivity index (χ0) is 9.90. The lowest BCUT2D eigenvalue weighted by Crippen LogP contribution is -2.25. The van der Waals surface area contributed by atoms with Crippen molar-refractivity contribution in [2.75, 3.05) is 12.4 Å². The minimum atomic E-state index is -3.37. The van der Waals surface area contributed by atoms with Crippen molar-refractivity contribution < 1.29 is 13.2 Å². The minimum Gasteiger partial charge on any atom is -0.378 e. The molecule has 0 N–H and O–H groups in total. The van der Waals surface area contributed by atoms with E-state index < -0.39 is 9.05 Å². The van der Waals surface area contributed by atoms with E-state index in [1.54, 1.807) is 0 Å². The van der Waals surface area contributed by atoms with E-state index in [2.05, 4.69) is 0 Å². The predicted octanol–water partition coefficient (Wildman–Crippen LogP) is 1.76. The summed E-state index contributed by atoms with van der Waals surface area (Å²) in [7, 11) is 1.74. The quantitative estimate of drug-likeness (QED) is 0.671. The average molecular weight is 227 g/mol. The molecule has 78 valence electrons. The molecule has 0 heterocycles. The predicted molar refractivity (Wildman–Crippen MR) is 52.4 cm³/mol. The van der Waals surface area contributed by atoms with Gasteiger partial charge in [-0.05, 0) is 25.2 Å². The van der Waals surface area contributed by atoms with Crippen LogP contribution in [0.1, 0.15) is 26.2 Å². The van der Waals surface area contributed by atoms with Crippen molar-refractivity contribution in [3.63, 3.8) is 0 Å². The fraction of sp³-hybridized carbons (Fsp3) is 1.00. The lowest BCUT2D eigenvalue weighted by molar-refractivity contribution is -0.0101. The topological polar surface area (TPSA) is 43.4 Å². The highest BCUT2D eigenvalue weighted by Gasteiger charge is 2.20. The summed E-state index contributed by atoms with van der Waals surface area (Å²) in [4.78, 5) is 0. The summed E-state index contributed by atoms with van der Waals surface area (Å²) >= 11 is 0. The maximum absolute atomic E-state index is 10.7. The molecule has 1 unspecified atom stereocenters. The summed E-state index contributed by atoms with van der Waals surface area (Å²) < 4.78 is 26.8. The van der Waals surface area contributed by atoms with Crippen molar-refractivity contribution in [1.82, 2.24) is 0 Å². The summed E-state index contributed by atoms with van der Waals surface area (Å²) in [5.41, 5.74) is 0. The second-order valence-corrected chi connectivity index (χ2v) is 6.52. The summed E-state index contributed by atoms with van der Waals surface area (Å²) in [5, 5.41) is 0. The van der Waals surface area contributed by atoms with Crippen LogP contribution in [-0.4, -0.2) is 26.9 Å². The molecule has 1 saturated carbocycles. The van der Waals surface area contributed by atoms with Gasteiger partial charge in [-0.3, -0.25) is 0 Å². The zero-order valence-corrected chi connectivity index (χ0v) is 9.27. The molecule has 0 aromatic rings. The number of hydrogen-bond donors (Lipinski definition) is 0. The SMILES string of the molecule is CC(COC1CCC1)CS(=O)(=O)Cl. The van der Waals surface area contributed by atoms with Gasteiger partial charge in [-0.15, -0.1) is 0 Å². The Labute approximate surface area is 83.8 Å². The summed E-state index contributed by atoms with van der Waals surface area (Å²) in [6, 6.07) is 0. The smallest absolute Gasteiger partial charge is 0.232 e. The van der Waals surface area contributed by atoms with Gasteiger partial charge in [0.2, 0.25) is 9.05 Å². The van der Waals surface area contributed by atoms with Gasteiger partial charge in [0.15, 0.2) is 0 Å². The Hall–Kier alpha value is 0.200. The van der Waals surface area contributed by atoms with E-state index in [9.17, 15) is 8.42 Å². The maximum atomic E-state index is 10.7. The molecule has 13 heavy (non-hydrogen) atoms. The van der Waals surface area contributed by atoms with Crippen molar-refractivity contribution in [1.29, 1.82) is 0 Å². The number of rotatable bonds is 5. The molecule has 0 radical (unpaired) electrons. The molecule has 0 bridgehead atoms. The Bertz CT molecular complexity index is 246. The van der Waals surface area contributed by atoms with Gasteiger partial charge < -0.3 is 4.74 Å². The molecule has 0 aromatic heterocycles. The Morgan fingerprint density at radius 1 is 1.54 bits per heavy atom. The van der Waals surface area contributed by atoms with Crippen LogP contribution >= 0.6 is 10.7 Å². The van der Waals surface area contributed by atoms with Gasteiger partial charge in [0.1, 0.15) is 0 Å². The third-order valence-corrected chi connectivity index (χ3v) is 3.50. The van der Waals surface area contributed by atoms with Gasteiger partial charge in [0.25, 0.3) is 0 Å². The highest BCUT2D eigenvalue weighted by atomic mass is 35.7. The van der Waals surface area contributed by atoms with E-state index in [1.165, 1.54) is 6.42 Å². The molecule has 1 rings (SSSR count). The van der Waals surface area contributed by atoms with Crippen LogP contribution in [0.2, 0.25) is 0 Å². The molecule has 1 fully saturated rings. The maximum Gasteiger partial charge on any atom is 0.232 e. The molecular weight excluding hydrogens is 212 g/mol. The lowest BCUT2D eigenvalue weighted by atomic mass is 9.96. The molecule has 1 atom stereocenters.